The number of aromatic hydroxyl groups is 1. The molecule has 0 saturated carbocycles. The second kappa shape index (κ2) is 4.65. The second-order valence-electron chi connectivity index (χ2n) is 4.36. The number of benzene rings is 1. The minimum Gasteiger partial charge on any atom is -0.508 e. The zero-order valence-electron chi connectivity index (χ0n) is 10.4. The van der Waals surface area contributed by atoms with E-state index in [1.807, 2.05) is 6.07 Å². The van der Waals surface area contributed by atoms with Crippen LogP contribution in [-0.2, 0) is 6.42 Å². The molecule has 2 heterocycles. The van der Waals surface area contributed by atoms with Crippen LogP contribution in [0, 0.1) is 0 Å². The molecule has 0 radical (unpaired) electrons. The molecule has 1 aromatic carbocycles. The fourth-order valence-corrected chi connectivity index (χ4v) is 1.97. The van der Waals surface area contributed by atoms with Gasteiger partial charge in [-0.3, -0.25) is 0 Å². The van der Waals surface area contributed by atoms with Gasteiger partial charge in [0.1, 0.15) is 5.75 Å². The van der Waals surface area contributed by atoms with Crippen molar-refractivity contribution in [2.45, 2.75) is 6.42 Å². The summed E-state index contributed by atoms with van der Waals surface area (Å²) in [5.41, 5.74) is 1.36. The van der Waals surface area contributed by atoms with Crippen molar-refractivity contribution in [1.29, 1.82) is 0 Å². The van der Waals surface area contributed by atoms with Crippen molar-refractivity contribution < 1.29 is 15.0 Å². The Balaban J connectivity index is 1.97. The van der Waals surface area contributed by atoms with E-state index in [1.165, 1.54) is 16.6 Å². The number of pyridine rings is 1. The third-order valence-electron chi connectivity index (χ3n) is 2.97. The van der Waals surface area contributed by atoms with Gasteiger partial charge in [-0.2, -0.15) is 5.10 Å². The molecule has 6 nitrogen and oxygen atoms in total. The largest absolute Gasteiger partial charge is 0.508 e. The van der Waals surface area contributed by atoms with Crippen molar-refractivity contribution in [1.82, 2.24) is 14.6 Å². The Hall–Kier alpha value is -2.89. The summed E-state index contributed by atoms with van der Waals surface area (Å²) in [6, 6.07) is 9.90. The molecule has 20 heavy (non-hydrogen) atoms. The van der Waals surface area contributed by atoms with Crippen molar-refractivity contribution in [2.75, 3.05) is 0 Å². The van der Waals surface area contributed by atoms with E-state index >= 15 is 0 Å². The van der Waals surface area contributed by atoms with Crippen molar-refractivity contribution in [3.05, 3.63) is 59.5 Å². The van der Waals surface area contributed by atoms with Gasteiger partial charge in [-0.25, -0.2) is 14.3 Å². The Kier molecular flexibility index (Phi) is 2.83. The van der Waals surface area contributed by atoms with Gasteiger partial charge in [0.15, 0.2) is 11.5 Å². The fourth-order valence-electron chi connectivity index (χ4n) is 1.97. The van der Waals surface area contributed by atoms with Crippen LogP contribution in [-0.4, -0.2) is 30.8 Å². The van der Waals surface area contributed by atoms with E-state index in [0.717, 1.165) is 5.56 Å². The normalized spacial score (nSPS) is 10.8. The van der Waals surface area contributed by atoms with E-state index in [9.17, 15) is 9.90 Å². The number of phenolic OH excluding ortho intramolecular Hbond substituents is 1. The van der Waals surface area contributed by atoms with Crippen LogP contribution < -0.4 is 0 Å². The summed E-state index contributed by atoms with van der Waals surface area (Å²) in [5.74, 6) is -0.288. The number of para-hydroxylation sites is 1. The minimum atomic E-state index is -1.00. The Labute approximate surface area is 113 Å². The molecule has 3 rings (SSSR count). The highest BCUT2D eigenvalue weighted by atomic mass is 16.4. The molecule has 0 atom stereocenters. The molecule has 100 valence electrons. The first-order chi connectivity index (χ1) is 9.63. The highest BCUT2D eigenvalue weighted by Gasteiger charge is 2.10. The van der Waals surface area contributed by atoms with Gasteiger partial charge in [-0.15, -0.1) is 0 Å². The average molecular weight is 269 g/mol. The first-order valence-electron chi connectivity index (χ1n) is 5.99. The summed E-state index contributed by atoms with van der Waals surface area (Å²) in [6.07, 6.45) is 1.94. The lowest BCUT2D eigenvalue weighted by Gasteiger charge is -1.99. The number of nitrogens with zero attached hydrogens (tertiary/aromatic N) is 3. The van der Waals surface area contributed by atoms with Crippen LogP contribution >= 0.6 is 0 Å². The van der Waals surface area contributed by atoms with Gasteiger partial charge in [0.2, 0.25) is 0 Å². The van der Waals surface area contributed by atoms with Crippen LogP contribution in [0.4, 0.5) is 0 Å². The fraction of sp³-hybridized carbons (Fsp3) is 0.0714. The number of hydrogen-bond acceptors (Lipinski definition) is 4. The van der Waals surface area contributed by atoms with Crippen LogP contribution in [0.15, 0.2) is 42.6 Å². The molecule has 2 aromatic heterocycles. The number of fused-ring (bicyclic) bond motifs is 1. The predicted molar refractivity (Wildman–Crippen MR) is 70.9 cm³/mol. The van der Waals surface area contributed by atoms with E-state index in [4.69, 9.17) is 5.11 Å². The number of carboxylic acids is 1. The van der Waals surface area contributed by atoms with Crippen molar-refractivity contribution in [2.24, 2.45) is 0 Å². The lowest BCUT2D eigenvalue weighted by Crippen LogP contribution is -1.97. The van der Waals surface area contributed by atoms with Crippen molar-refractivity contribution in [3.63, 3.8) is 0 Å². The summed E-state index contributed by atoms with van der Waals surface area (Å²) >= 11 is 0. The SMILES string of the molecule is O=C(O)c1ccn2nc(Cc3ccccc3O)nc2c1. The summed E-state index contributed by atoms with van der Waals surface area (Å²) in [5, 5.41) is 22.9. The van der Waals surface area contributed by atoms with Gasteiger partial charge in [-0.1, -0.05) is 18.2 Å². The lowest BCUT2D eigenvalue weighted by molar-refractivity contribution is 0.0697. The second-order valence-corrected chi connectivity index (χ2v) is 4.36. The molecular weight excluding hydrogens is 258 g/mol. The third kappa shape index (κ3) is 2.18. The maximum Gasteiger partial charge on any atom is 0.335 e. The zero-order chi connectivity index (χ0) is 14.1. The van der Waals surface area contributed by atoms with Gasteiger partial charge in [0.05, 0.1) is 5.56 Å². The average Bonchev–Trinajstić information content (AvgIpc) is 2.82. The number of carboxylic acid groups (broad SMARTS) is 1. The number of hydrogen-bond donors (Lipinski definition) is 2. The molecule has 0 aliphatic carbocycles. The number of carbonyl (C=O) groups is 1. The monoisotopic (exact) mass is 269 g/mol. The number of aromatic carboxylic acids is 1. The van der Waals surface area contributed by atoms with E-state index in [0.29, 0.717) is 17.9 Å². The first-order valence-corrected chi connectivity index (χ1v) is 5.99. The molecule has 0 spiro atoms. The maximum absolute atomic E-state index is 10.9. The Morgan fingerprint density at radius 2 is 2.05 bits per heavy atom. The van der Waals surface area contributed by atoms with E-state index in [1.54, 1.807) is 24.4 Å². The number of aromatic nitrogens is 3. The molecule has 0 saturated heterocycles. The summed E-state index contributed by atoms with van der Waals surface area (Å²) in [6.45, 7) is 0. The Bertz CT molecular complexity index is 795. The number of phenols is 1. The summed E-state index contributed by atoms with van der Waals surface area (Å²) in [7, 11) is 0. The van der Waals surface area contributed by atoms with Crippen LogP contribution in [0.3, 0.4) is 0 Å². The van der Waals surface area contributed by atoms with Crippen LogP contribution in [0.5, 0.6) is 5.75 Å². The molecular formula is C14H11N3O3. The van der Waals surface area contributed by atoms with Crippen LogP contribution in [0.25, 0.3) is 5.65 Å². The summed E-state index contributed by atoms with van der Waals surface area (Å²) in [4.78, 5) is 15.2. The highest BCUT2D eigenvalue weighted by Crippen LogP contribution is 2.18. The Morgan fingerprint density at radius 3 is 2.80 bits per heavy atom. The molecule has 0 aliphatic rings. The molecule has 2 N–H and O–H groups in total. The minimum absolute atomic E-state index is 0.166. The predicted octanol–water partition coefficient (Wildman–Crippen LogP) is 1.72. The molecule has 0 bridgehead atoms. The van der Waals surface area contributed by atoms with Crippen LogP contribution in [0.1, 0.15) is 21.7 Å². The molecule has 0 aliphatic heterocycles. The third-order valence-corrected chi connectivity index (χ3v) is 2.97. The van der Waals surface area contributed by atoms with Crippen LogP contribution in [0.2, 0.25) is 0 Å². The van der Waals surface area contributed by atoms with Gasteiger partial charge in [0, 0.05) is 18.2 Å². The zero-order valence-corrected chi connectivity index (χ0v) is 10.4. The summed E-state index contributed by atoms with van der Waals surface area (Å²) < 4.78 is 1.52. The standard InChI is InChI=1S/C14H11N3O3/c18-11-4-2-1-3-9(11)7-12-15-13-8-10(14(19)20)5-6-17(13)16-12/h1-6,8,18H,7H2,(H,19,20). The molecule has 0 amide bonds. The van der Waals surface area contributed by atoms with Crippen molar-refractivity contribution in [3.8, 4) is 5.75 Å². The van der Waals surface area contributed by atoms with E-state index in [-0.39, 0.29) is 11.3 Å². The molecule has 6 heteroatoms. The quantitative estimate of drug-likeness (QED) is 0.756. The topological polar surface area (TPSA) is 87.7 Å². The smallest absolute Gasteiger partial charge is 0.335 e. The lowest BCUT2D eigenvalue weighted by atomic mass is 10.1. The van der Waals surface area contributed by atoms with Crippen molar-refractivity contribution >= 4 is 11.6 Å². The van der Waals surface area contributed by atoms with Gasteiger partial charge in [0.25, 0.3) is 0 Å². The first kappa shape index (κ1) is 12.2. The molecule has 3 aromatic rings. The van der Waals surface area contributed by atoms with Gasteiger partial charge < -0.3 is 10.2 Å². The molecule has 0 unspecified atom stereocenters. The highest BCUT2D eigenvalue weighted by molar-refractivity contribution is 5.88. The number of rotatable bonds is 3. The van der Waals surface area contributed by atoms with Gasteiger partial charge >= 0.3 is 5.97 Å². The van der Waals surface area contributed by atoms with Gasteiger partial charge in [-0.05, 0) is 18.2 Å². The molecule has 0 fully saturated rings. The maximum atomic E-state index is 10.9. The van der Waals surface area contributed by atoms with E-state index < -0.39 is 5.97 Å². The Morgan fingerprint density at radius 1 is 1.25 bits per heavy atom. The van der Waals surface area contributed by atoms with E-state index in [2.05, 4.69) is 10.1 Å².